The Labute approximate surface area is 155 Å². The zero-order chi connectivity index (χ0) is 18.7. The second kappa shape index (κ2) is 6.02. The first-order valence-electron chi connectivity index (χ1n) is 9.49. The van der Waals surface area contributed by atoms with Gasteiger partial charge >= 0.3 is 0 Å². The molecule has 4 saturated heterocycles. The number of halogens is 1. The Balaban J connectivity index is 1.50. The molecule has 5 heterocycles. The number of carbonyl (C=O) groups is 3. The Kier molecular flexibility index (Phi) is 3.72. The molecule has 6 rings (SSSR count). The van der Waals surface area contributed by atoms with E-state index in [0.717, 1.165) is 25.9 Å². The quantitative estimate of drug-likeness (QED) is 0.740. The zero-order valence-electron chi connectivity index (χ0n) is 14.8. The molecule has 0 spiro atoms. The van der Waals surface area contributed by atoms with Gasteiger partial charge in [-0.2, -0.15) is 0 Å². The summed E-state index contributed by atoms with van der Waals surface area (Å²) in [5, 5.41) is 5.76. The maximum absolute atomic E-state index is 14.9. The van der Waals surface area contributed by atoms with E-state index in [4.69, 9.17) is 0 Å². The first-order chi connectivity index (χ1) is 13.0. The monoisotopic (exact) mass is 372 g/mol. The number of hydrogen-bond acceptors (Lipinski definition) is 5. The highest BCUT2D eigenvalue weighted by molar-refractivity contribution is 6.06. The number of fused-ring (bicyclic) bond motifs is 4. The Morgan fingerprint density at radius 3 is 2.59 bits per heavy atom. The fourth-order valence-corrected chi connectivity index (χ4v) is 4.89. The highest BCUT2D eigenvalue weighted by Gasteiger charge is 2.43. The number of amides is 3. The van der Waals surface area contributed by atoms with Crippen molar-refractivity contribution in [1.29, 1.82) is 0 Å². The standard InChI is InChI=1S/C19H21FN4O3/c20-14-4-3-12-13(17(14)23-8-10-1-2-11(23)7-21-10)9-24(19(12)27)15-5-6-16(25)22-18(15)26/h3-4,10-11,15,21H,1-2,5-9H2,(H,22,25,26). The maximum atomic E-state index is 14.9. The number of hydrogen-bond donors (Lipinski definition) is 2. The number of imide groups is 1. The van der Waals surface area contributed by atoms with Gasteiger partial charge in [0, 0.05) is 49.3 Å². The molecule has 7 nitrogen and oxygen atoms in total. The molecule has 4 fully saturated rings. The lowest BCUT2D eigenvalue weighted by Gasteiger charge is -2.47. The van der Waals surface area contributed by atoms with E-state index in [0.29, 0.717) is 29.3 Å². The normalized spacial score (nSPS) is 30.0. The molecule has 2 N–H and O–H groups in total. The van der Waals surface area contributed by atoms with Crippen molar-refractivity contribution in [3.05, 3.63) is 29.1 Å². The molecule has 3 unspecified atom stereocenters. The van der Waals surface area contributed by atoms with Crippen molar-refractivity contribution in [2.45, 2.75) is 50.4 Å². The number of rotatable bonds is 2. The number of piperidine rings is 3. The fourth-order valence-electron chi connectivity index (χ4n) is 4.89. The van der Waals surface area contributed by atoms with Gasteiger partial charge in [0.1, 0.15) is 11.9 Å². The minimum atomic E-state index is -0.682. The van der Waals surface area contributed by atoms with Crippen molar-refractivity contribution in [2.75, 3.05) is 18.0 Å². The summed E-state index contributed by atoms with van der Waals surface area (Å²) in [6.07, 6.45) is 2.60. The molecular weight excluding hydrogens is 351 g/mol. The first kappa shape index (κ1) is 16.7. The predicted octanol–water partition coefficient (Wildman–Crippen LogP) is 0.527. The van der Waals surface area contributed by atoms with Crippen molar-refractivity contribution < 1.29 is 18.8 Å². The molecule has 0 aromatic heterocycles. The van der Waals surface area contributed by atoms with Crippen molar-refractivity contribution in [3.8, 4) is 0 Å². The van der Waals surface area contributed by atoms with Crippen molar-refractivity contribution in [1.82, 2.24) is 15.5 Å². The average Bonchev–Trinajstić information content (AvgIpc) is 2.99. The summed E-state index contributed by atoms with van der Waals surface area (Å²) in [5.41, 5.74) is 1.63. The van der Waals surface area contributed by atoms with Crippen LogP contribution in [0.1, 0.15) is 41.6 Å². The Morgan fingerprint density at radius 2 is 1.93 bits per heavy atom. The van der Waals surface area contributed by atoms with Gasteiger partial charge in [0.2, 0.25) is 11.8 Å². The molecule has 1 aromatic rings. The molecule has 8 heteroatoms. The van der Waals surface area contributed by atoms with E-state index >= 15 is 0 Å². The summed E-state index contributed by atoms with van der Waals surface area (Å²) in [4.78, 5) is 40.2. The molecule has 0 saturated carbocycles. The van der Waals surface area contributed by atoms with Crippen LogP contribution in [0, 0.1) is 5.82 Å². The molecule has 5 aliphatic heterocycles. The number of nitrogens with one attached hydrogen (secondary N) is 2. The fraction of sp³-hybridized carbons (Fsp3) is 0.526. The van der Waals surface area contributed by atoms with Crippen LogP contribution >= 0.6 is 0 Å². The second-order valence-corrected chi connectivity index (χ2v) is 7.81. The summed E-state index contributed by atoms with van der Waals surface area (Å²) in [6.45, 7) is 1.75. The third-order valence-corrected chi connectivity index (χ3v) is 6.28. The zero-order valence-corrected chi connectivity index (χ0v) is 14.8. The van der Waals surface area contributed by atoms with Gasteiger partial charge in [-0.25, -0.2) is 4.39 Å². The maximum Gasteiger partial charge on any atom is 0.255 e. The van der Waals surface area contributed by atoms with Gasteiger partial charge in [-0.1, -0.05) is 0 Å². The first-order valence-corrected chi connectivity index (χ1v) is 9.49. The SMILES string of the molecule is O=C1CCC(N2Cc3c(ccc(F)c3N3CC4CCC3CN4)C2=O)C(=O)N1. The summed E-state index contributed by atoms with van der Waals surface area (Å²) in [7, 11) is 0. The van der Waals surface area contributed by atoms with Crippen LogP contribution in [0.5, 0.6) is 0 Å². The van der Waals surface area contributed by atoms with Gasteiger partial charge in [-0.05, 0) is 31.4 Å². The third-order valence-electron chi connectivity index (χ3n) is 6.28. The summed E-state index contributed by atoms with van der Waals surface area (Å²) in [5.74, 6) is -1.35. The second-order valence-electron chi connectivity index (χ2n) is 7.81. The average molecular weight is 372 g/mol. The highest BCUT2D eigenvalue weighted by Crippen LogP contribution is 2.39. The summed E-state index contributed by atoms with van der Waals surface area (Å²) in [6, 6.07) is 2.75. The van der Waals surface area contributed by atoms with Gasteiger partial charge in [-0.3, -0.25) is 19.7 Å². The third kappa shape index (κ3) is 2.54. The van der Waals surface area contributed by atoms with Crippen LogP contribution in [0.15, 0.2) is 12.1 Å². The molecule has 0 radical (unpaired) electrons. The van der Waals surface area contributed by atoms with E-state index in [2.05, 4.69) is 15.5 Å². The Morgan fingerprint density at radius 1 is 1.07 bits per heavy atom. The minimum Gasteiger partial charge on any atom is -0.363 e. The van der Waals surface area contributed by atoms with Gasteiger partial charge < -0.3 is 15.1 Å². The van der Waals surface area contributed by atoms with E-state index in [9.17, 15) is 18.8 Å². The van der Waals surface area contributed by atoms with Crippen LogP contribution < -0.4 is 15.5 Å². The number of anilines is 1. The van der Waals surface area contributed by atoms with Crippen molar-refractivity contribution in [2.24, 2.45) is 0 Å². The topological polar surface area (TPSA) is 81.8 Å². The van der Waals surface area contributed by atoms with E-state index in [1.165, 1.54) is 17.0 Å². The smallest absolute Gasteiger partial charge is 0.255 e. The molecule has 3 atom stereocenters. The molecule has 3 amide bonds. The van der Waals surface area contributed by atoms with Crippen molar-refractivity contribution in [3.63, 3.8) is 0 Å². The molecule has 142 valence electrons. The van der Waals surface area contributed by atoms with Crippen LogP contribution in [-0.4, -0.2) is 53.8 Å². The van der Waals surface area contributed by atoms with Crippen LogP contribution in [0.2, 0.25) is 0 Å². The van der Waals surface area contributed by atoms with E-state index in [1.807, 2.05) is 0 Å². The molecule has 0 aliphatic carbocycles. The van der Waals surface area contributed by atoms with E-state index in [1.54, 1.807) is 0 Å². The van der Waals surface area contributed by atoms with Crippen LogP contribution in [0.4, 0.5) is 10.1 Å². The van der Waals surface area contributed by atoms with Crippen LogP contribution in [0.25, 0.3) is 0 Å². The number of nitrogens with zero attached hydrogens (tertiary/aromatic N) is 2. The summed E-state index contributed by atoms with van der Waals surface area (Å²) >= 11 is 0. The van der Waals surface area contributed by atoms with E-state index in [-0.39, 0.29) is 36.6 Å². The lowest BCUT2D eigenvalue weighted by atomic mass is 9.91. The van der Waals surface area contributed by atoms with Crippen LogP contribution in [-0.2, 0) is 16.1 Å². The van der Waals surface area contributed by atoms with Crippen molar-refractivity contribution >= 4 is 23.4 Å². The van der Waals surface area contributed by atoms with Crippen LogP contribution in [0.3, 0.4) is 0 Å². The lowest BCUT2D eigenvalue weighted by Crippen LogP contribution is -2.61. The van der Waals surface area contributed by atoms with Gasteiger partial charge in [-0.15, -0.1) is 0 Å². The Hall–Kier alpha value is -2.48. The number of piperazine rings is 1. The van der Waals surface area contributed by atoms with Gasteiger partial charge in [0.15, 0.2) is 0 Å². The lowest BCUT2D eigenvalue weighted by molar-refractivity contribution is -0.136. The number of carbonyl (C=O) groups excluding carboxylic acids is 3. The molecule has 2 bridgehead atoms. The summed E-state index contributed by atoms with van der Waals surface area (Å²) < 4.78 is 14.9. The molecule has 1 aromatic carbocycles. The predicted molar refractivity (Wildman–Crippen MR) is 94.6 cm³/mol. The molecular formula is C19H21FN4O3. The Bertz CT molecular complexity index is 850. The van der Waals surface area contributed by atoms with Gasteiger partial charge in [0.05, 0.1) is 5.69 Å². The minimum absolute atomic E-state index is 0.203. The van der Waals surface area contributed by atoms with E-state index < -0.39 is 11.9 Å². The highest BCUT2D eigenvalue weighted by atomic mass is 19.1. The molecule has 5 aliphatic rings. The largest absolute Gasteiger partial charge is 0.363 e. The number of benzene rings is 1. The molecule has 27 heavy (non-hydrogen) atoms. The van der Waals surface area contributed by atoms with Gasteiger partial charge in [0.25, 0.3) is 5.91 Å².